The molecule has 1 saturated heterocycles. The van der Waals surface area contributed by atoms with Gasteiger partial charge < -0.3 is 14.4 Å². The molecule has 5 nitrogen and oxygen atoms in total. The van der Waals surface area contributed by atoms with Crippen LogP contribution in [-0.2, 0) is 16.1 Å². The maximum Gasteiger partial charge on any atom is 0.308 e. The Kier molecular flexibility index (Phi) is 4.16. The Hall–Kier alpha value is -1.88. The number of imidazole rings is 1. The number of aryl methyl sites for hydroxylation is 1. The number of rotatable bonds is 4. The van der Waals surface area contributed by atoms with Crippen LogP contribution in [0.25, 0.3) is 11.0 Å². The molecule has 0 bridgehead atoms. The number of fused-ring (bicyclic) bond motifs is 1. The zero-order valence-corrected chi connectivity index (χ0v) is 13.0. The fraction of sp³-hybridized carbons (Fsp3) is 0.529. The highest BCUT2D eigenvalue weighted by molar-refractivity contribution is 5.76. The maximum absolute atomic E-state index is 11.4. The third-order valence-corrected chi connectivity index (χ3v) is 4.11. The molecule has 118 valence electrons. The van der Waals surface area contributed by atoms with Gasteiger partial charge in [0, 0.05) is 25.3 Å². The van der Waals surface area contributed by atoms with E-state index in [4.69, 9.17) is 9.72 Å². The van der Waals surface area contributed by atoms with Gasteiger partial charge in [0.25, 0.3) is 0 Å². The van der Waals surface area contributed by atoms with Crippen molar-refractivity contribution < 1.29 is 14.6 Å². The number of esters is 1. The summed E-state index contributed by atoms with van der Waals surface area (Å²) in [6.45, 7) is 4.99. The third kappa shape index (κ3) is 2.99. The van der Waals surface area contributed by atoms with Crippen molar-refractivity contribution in [2.75, 3.05) is 0 Å². The average molecular weight is 302 g/mol. The Morgan fingerprint density at radius 3 is 2.91 bits per heavy atom. The van der Waals surface area contributed by atoms with E-state index in [1.807, 2.05) is 18.2 Å². The topological polar surface area (TPSA) is 64.3 Å². The average Bonchev–Trinajstić information content (AvgIpc) is 2.83. The zero-order chi connectivity index (χ0) is 15.7. The van der Waals surface area contributed by atoms with Gasteiger partial charge in [0.15, 0.2) is 0 Å². The molecule has 0 unspecified atom stereocenters. The summed E-state index contributed by atoms with van der Waals surface area (Å²) in [5.41, 5.74) is 2.10. The van der Waals surface area contributed by atoms with E-state index in [2.05, 4.69) is 24.5 Å². The Balaban J connectivity index is 1.81. The molecule has 1 aromatic carbocycles. The maximum atomic E-state index is 11.4. The first-order chi connectivity index (χ1) is 10.5. The van der Waals surface area contributed by atoms with Crippen LogP contribution >= 0.6 is 0 Å². The lowest BCUT2D eigenvalue weighted by atomic mass is 10.0. The lowest BCUT2D eigenvalue weighted by molar-refractivity contribution is -0.160. The molecule has 2 heterocycles. The third-order valence-electron chi connectivity index (χ3n) is 4.11. The number of benzene rings is 1. The minimum Gasteiger partial charge on any atom is -0.462 e. The second-order valence-corrected chi connectivity index (χ2v) is 6.26. The van der Waals surface area contributed by atoms with Crippen LogP contribution in [0.4, 0.5) is 0 Å². The number of para-hydroxylation sites is 2. The molecule has 22 heavy (non-hydrogen) atoms. The second-order valence-electron chi connectivity index (χ2n) is 6.26. The first kappa shape index (κ1) is 15.0. The van der Waals surface area contributed by atoms with Gasteiger partial charge in [-0.05, 0) is 12.1 Å². The van der Waals surface area contributed by atoms with Gasteiger partial charge in [-0.3, -0.25) is 4.79 Å². The fourth-order valence-corrected chi connectivity index (χ4v) is 3.08. The molecule has 1 N–H and O–H groups in total. The van der Waals surface area contributed by atoms with Crippen molar-refractivity contribution in [1.82, 2.24) is 9.55 Å². The largest absolute Gasteiger partial charge is 0.462 e. The molecule has 2 atom stereocenters. The fourth-order valence-electron chi connectivity index (χ4n) is 3.08. The highest BCUT2D eigenvalue weighted by atomic mass is 16.5. The lowest BCUT2D eigenvalue weighted by Crippen LogP contribution is -2.33. The lowest BCUT2D eigenvalue weighted by Gasteiger charge is -2.26. The van der Waals surface area contributed by atoms with Gasteiger partial charge in [0.05, 0.1) is 23.6 Å². The molecule has 0 aliphatic carbocycles. The van der Waals surface area contributed by atoms with Gasteiger partial charge in [-0.15, -0.1) is 0 Å². The van der Waals surface area contributed by atoms with Gasteiger partial charge in [-0.25, -0.2) is 4.98 Å². The van der Waals surface area contributed by atoms with Crippen molar-refractivity contribution in [3.8, 4) is 0 Å². The van der Waals surface area contributed by atoms with Crippen LogP contribution in [0.5, 0.6) is 0 Å². The number of hydrogen-bond donors (Lipinski definition) is 1. The Morgan fingerprint density at radius 1 is 1.41 bits per heavy atom. The first-order valence-electron chi connectivity index (χ1n) is 7.87. The normalized spacial score (nSPS) is 22.3. The summed E-state index contributed by atoms with van der Waals surface area (Å²) >= 11 is 0. The molecule has 5 heteroatoms. The first-order valence-corrected chi connectivity index (χ1v) is 7.87. The number of aromatic nitrogens is 2. The van der Waals surface area contributed by atoms with E-state index in [0.717, 1.165) is 23.4 Å². The summed E-state index contributed by atoms with van der Waals surface area (Å²) in [5, 5.41) is 9.70. The van der Waals surface area contributed by atoms with Crippen molar-refractivity contribution in [2.45, 2.75) is 57.8 Å². The molecule has 0 spiro atoms. The number of carbonyl (C=O) groups excluding carboxylic acids is 1. The van der Waals surface area contributed by atoms with Gasteiger partial charge in [-0.2, -0.15) is 0 Å². The highest BCUT2D eigenvalue weighted by Gasteiger charge is 2.27. The van der Waals surface area contributed by atoms with Gasteiger partial charge in [0.2, 0.25) is 0 Å². The van der Waals surface area contributed by atoms with E-state index in [1.54, 1.807) is 0 Å². The van der Waals surface area contributed by atoms with Crippen molar-refractivity contribution in [3.05, 3.63) is 30.1 Å². The number of hydrogen-bond acceptors (Lipinski definition) is 4. The van der Waals surface area contributed by atoms with Gasteiger partial charge in [-0.1, -0.05) is 26.0 Å². The monoisotopic (exact) mass is 302 g/mol. The minimum atomic E-state index is -0.574. The van der Waals surface area contributed by atoms with E-state index >= 15 is 0 Å². The van der Waals surface area contributed by atoms with Gasteiger partial charge >= 0.3 is 5.97 Å². The molecule has 3 rings (SSSR count). The molecule has 0 radical (unpaired) electrons. The summed E-state index contributed by atoms with van der Waals surface area (Å²) < 4.78 is 7.54. The molecule has 0 saturated carbocycles. The Morgan fingerprint density at radius 2 is 2.18 bits per heavy atom. The van der Waals surface area contributed by atoms with Crippen LogP contribution in [0.1, 0.15) is 44.9 Å². The van der Waals surface area contributed by atoms with Crippen LogP contribution in [0, 0.1) is 0 Å². The zero-order valence-electron chi connectivity index (χ0n) is 13.0. The summed E-state index contributed by atoms with van der Waals surface area (Å²) in [6.07, 6.45) is 0.549. The van der Waals surface area contributed by atoms with Crippen molar-refractivity contribution in [1.29, 1.82) is 0 Å². The molecule has 1 aromatic heterocycles. The number of ether oxygens (including phenoxy) is 1. The number of aliphatic hydroxyl groups is 1. The quantitative estimate of drug-likeness (QED) is 0.882. The summed E-state index contributed by atoms with van der Waals surface area (Å²) in [4.78, 5) is 16.1. The summed E-state index contributed by atoms with van der Waals surface area (Å²) in [6, 6.07) is 8.08. The van der Waals surface area contributed by atoms with Crippen molar-refractivity contribution in [2.24, 2.45) is 0 Å². The van der Waals surface area contributed by atoms with Crippen LogP contribution in [0.3, 0.4) is 0 Å². The predicted octanol–water partition coefficient (Wildman–Crippen LogP) is 2.62. The summed E-state index contributed by atoms with van der Waals surface area (Å²) in [5.74, 6) is 1.07. The van der Waals surface area contributed by atoms with Crippen LogP contribution in [0.2, 0.25) is 0 Å². The molecule has 2 aromatic rings. The highest BCUT2D eigenvalue weighted by Crippen LogP contribution is 2.24. The molecule has 1 fully saturated rings. The number of carbonyl (C=O) groups is 1. The molecule has 1 aliphatic heterocycles. The van der Waals surface area contributed by atoms with E-state index in [-0.39, 0.29) is 18.5 Å². The SMILES string of the molecule is CC(C)c1nc2ccccc2n1CC[C@@H]1C[C@@H](O)CC(=O)O1. The number of aliphatic hydroxyl groups excluding tert-OH is 1. The van der Waals surface area contributed by atoms with E-state index in [1.165, 1.54) is 0 Å². The van der Waals surface area contributed by atoms with E-state index < -0.39 is 6.10 Å². The smallest absolute Gasteiger partial charge is 0.308 e. The van der Waals surface area contributed by atoms with E-state index in [9.17, 15) is 9.90 Å². The van der Waals surface area contributed by atoms with Crippen LogP contribution < -0.4 is 0 Å². The Labute approximate surface area is 129 Å². The molecule has 1 aliphatic rings. The number of cyclic esters (lactones) is 1. The Bertz CT molecular complexity index is 678. The standard InChI is InChI=1S/C17H22N2O3/c1-11(2)17-18-14-5-3-4-6-15(14)19(17)8-7-13-9-12(20)10-16(21)22-13/h3-6,11-13,20H,7-10H2,1-2H3/t12-,13-/m1/s1. The molecule has 0 amide bonds. The van der Waals surface area contributed by atoms with Crippen LogP contribution in [0.15, 0.2) is 24.3 Å². The van der Waals surface area contributed by atoms with Crippen molar-refractivity contribution >= 4 is 17.0 Å². The minimum absolute atomic E-state index is 0.113. The molecular formula is C17H22N2O3. The summed E-state index contributed by atoms with van der Waals surface area (Å²) in [7, 11) is 0. The molecular weight excluding hydrogens is 280 g/mol. The van der Waals surface area contributed by atoms with E-state index in [0.29, 0.717) is 18.8 Å². The van der Waals surface area contributed by atoms with Gasteiger partial charge in [0.1, 0.15) is 11.9 Å². The van der Waals surface area contributed by atoms with Crippen LogP contribution in [-0.4, -0.2) is 32.8 Å². The second kappa shape index (κ2) is 6.08. The van der Waals surface area contributed by atoms with Crippen molar-refractivity contribution in [3.63, 3.8) is 0 Å². The number of nitrogens with zero attached hydrogens (tertiary/aromatic N) is 2. The predicted molar refractivity (Wildman–Crippen MR) is 83.6 cm³/mol.